The van der Waals surface area contributed by atoms with E-state index in [1.807, 2.05) is 0 Å². The molecule has 1 heterocycles. The van der Waals surface area contributed by atoms with Gasteiger partial charge in [0.2, 0.25) is 0 Å². The Kier molecular flexibility index (Phi) is 4.69. The summed E-state index contributed by atoms with van der Waals surface area (Å²) in [5.74, 6) is 0. The van der Waals surface area contributed by atoms with Gasteiger partial charge < -0.3 is 11.1 Å². The normalized spacial score (nSPS) is 19.2. The molecule has 0 radical (unpaired) electrons. The minimum Gasteiger partial charge on any atom is -0.392 e. The Bertz CT molecular complexity index is 411. The van der Waals surface area contributed by atoms with Crippen molar-refractivity contribution in [2.45, 2.75) is 19.4 Å². The molecule has 3 nitrogen and oxygen atoms in total. The zero-order valence-electron chi connectivity index (χ0n) is 10.9. The molecular formula is C14H21N3S. The monoisotopic (exact) mass is 263 g/mol. The molecular weight excluding hydrogens is 242 g/mol. The number of thiocarbonyl (C=S) groups is 1. The van der Waals surface area contributed by atoms with Crippen molar-refractivity contribution >= 4 is 17.2 Å². The molecule has 2 rings (SSSR count). The van der Waals surface area contributed by atoms with Crippen molar-refractivity contribution < 1.29 is 0 Å². The lowest BCUT2D eigenvalue weighted by atomic mass is 9.99. The Morgan fingerprint density at radius 3 is 2.83 bits per heavy atom. The maximum Gasteiger partial charge on any atom is 0.0948 e. The quantitative estimate of drug-likeness (QED) is 0.813. The van der Waals surface area contributed by atoms with Crippen LogP contribution in [0.1, 0.15) is 23.6 Å². The SMILES string of the molecule is Cc1ccccc1C(C(N)=S)N1CCCNCC1. The van der Waals surface area contributed by atoms with Crippen molar-refractivity contribution in [1.82, 2.24) is 10.2 Å². The van der Waals surface area contributed by atoms with Crippen LogP contribution < -0.4 is 11.1 Å². The molecule has 0 aromatic heterocycles. The second-order valence-corrected chi connectivity index (χ2v) is 5.27. The molecule has 18 heavy (non-hydrogen) atoms. The number of nitrogens with zero attached hydrogens (tertiary/aromatic N) is 1. The highest BCUT2D eigenvalue weighted by atomic mass is 32.1. The summed E-state index contributed by atoms with van der Waals surface area (Å²) in [6.45, 7) is 6.25. The average Bonchev–Trinajstić information content (AvgIpc) is 2.60. The molecule has 0 spiro atoms. The lowest BCUT2D eigenvalue weighted by Gasteiger charge is -2.30. The van der Waals surface area contributed by atoms with E-state index in [4.69, 9.17) is 18.0 Å². The first-order valence-corrected chi connectivity index (χ1v) is 6.90. The maximum absolute atomic E-state index is 5.99. The summed E-state index contributed by atoms with van der Waals surface area (Å²) in [6, 6.07) is 8.44. The highest BCUT2D eigenvalue weighted by molar-refractivity contribution is 7.80. The van der Waals surface area contributed by atoms with Gasteiger partial charge in [-0.05, 0) is 31.0 Å². The molecule has 1 fully saturated rings. The van der Waals surface area contributed by atoms with Gasteiger partial charge in [-0.2, -0.15) is 0 Å². The number of benzene rings is 1. The van der Waals surface area contributed by atoms with Crippen LogP contribution >= 0.6 is 12.2 Å². The van der Waals surface area contributed by atoms with Gasteiger partial charge in [0, 0.05) is 19.6 Å². The molecule has 3 N–H and O–H groups in total. The molecule has 98 valence electrons. The van der Waals surface area contributed by atoms with E-state index >= 15 is 0 Å². The second-order valence-electron chi connectivity index (χ2n) is 4.80. The molecule has 1 aromatic carbocycles. The van der Waals surface area contributed by atoms with E-state index in [1.54, 1.807) is 0 Å². The van der Waals surface area contributed by atoms with Crippen molar-refractivity contribution in [2.24, 2.45) is 5.73 Å². The Labute approximate surface area is 114 Å². The van der Waals surface area contributed by atoms with Crippen LogP contribution in [0.2, 0.25) is 0 Å². The van der Waals surface area contributed by atoms with Crippen LogP contribution in [0.4, 0.5) is 0 Å². The van der Waals surface area contributed by atoms with Gasteiger partial charge in [-0.15, -0.1) is 0 Å². The molecule has 4 heteroatoms. The van der Waals surface area contributed by atoms with Gasteiger partial charge in [0.1, 0.15) is 0 Å². The highest BCUT2D eigenvalue weighted by Crippen LogP contribution is 2.24. The molecule has 1 aromatic rings. The third-order valence-electron chi connectivity index (χ3n) is 3.49. The van der Waals surface area contributed by atoms with Crippen molar-refractivity contribution in [1.29, 1.82) is 0 Å². The van der Waals surface area contributed by atoms with Gasteiger partial charge in [-0.3, -0.25) is 4.90 Å². The average molecular weight is 263 g/mol. The molecule has 1 atom stereocenters. The van der Waals surface area contributed by atoms with Gasteiger partial charge in [-0.25, -0.2) is 0 Å². The van der Waals surface area contributed by atoms with Crippen LogP contribution in [0.25, 0.3) is 0 Å². The highest BCUT2D eigenvalue weighted by Gasteiger charge is 2.24. The lowest BCUT2D eigenvalue weighted by molar-refractivity contribution is 0.261. The van der Waals surface area contributed by atoms with E-state index in [1.165, 1.54) is 11.1 Å². The van der Waals surface area contributed by atoms with E-state index in [9.17, 15) is 0 Å². The zero-order chi connectivity index (χ0) is 13.0. The van der Waals surface area contributed by atoms with Crippen LogP contribution in [0.3, 0.4) is 0 Å². The fourth-order valence-electron chi connectivity index (χ4n) is 2.55. The minimum absolute atomic E-state index is 0.0705. The fourth-order valence-corrected chi connectivity index (χ4v) is 2.82. The number of nitrogens with one attached hydrogen (secondary N) is 1. The third-order valence-corrected chi connectivity index (χ3v) is 3.72. The Morgan fingerprint density at radius 2 is 2.11 bits per heavy atom. The Morgan fingerprint density at radius 1 is 1.33 bits per heavy atom. The Hall–Kier alpha value is -0.970. The lowest BCUT2D eigenvalue weighted by Crippen LogP contribution is -2.39. The first-order valence-electron chi connectivity index (χ1n) is 6.50. The van der Waals surface area contributed by atoms with Crippen LogP contribution in [-0.4, -0.2) is 36.1 Å². The van der Waals surface area contributed by atoms with E-state index in [0.717, 1.165) is 32.6 Å². The zero-order valence-corrected chi connectivity index (χ0v) is 11.7. The maximum atomic E-state index is 5.99. The summed E-state index contributed by atoms with van der Waals surface area (Å²) in [7, 11) is 0. The van der Waals surface area contributed by atoms with E-state index in [2.05, 4.69) is 41.4 Å². The van der Waals surface area contributed by atoms with Gasteiger partial charge in [0.05, 0.1) is 11.0 Å². The number of hydrogen-bond acceptors (Lipinski definition) is 3. The standard InChI is InChI=1S/C14H21N3S/c1-11-5-2-3-6-12(11)13(14(15)18)17-9-4-7-16-8-10-17/h2-3,5-6,13,16H,4,7-10H2,1H3,(H2,15,18). The summed E-state index contributed by atoms with van der Waals surface area (Å²) in [6.07, 6.45) is 1.14. The largest absolute Gasteiger partial charge is 0.392 e. The van der Waals surface area contributed by atoms with Crippen molar-refractivity contribution in [3.05, 3.63) is 35.4 Å². The summed E-state index contributed by atoms with van der Waals surface area (Å²) in [4.78, 5) is 2.97. The van der Waals surface area contributed by atoms with Crippen LogP contribution in [0.15, 0.2) is 24.3 Å². The van der Waals surface area contributed by atoms with Gasteiger partial charge in [0.25, 0.3) is 0 Å². The molecule has 1 saturated heterocycles. The number of nitrogens with two attached hydrogens (primary N) is 1. The molecule has 0 bridgehead atoms. The van der Waals surface area contributed by atoms with Crippen LogP contribution in [0.5, 0.6) is 0 Å². The van der Waals surface area contributed by atoms with E-state index in [-0.39, 0.29) is 6.04 Å². The first kappa shape index (κ1) is 13.5. The molecule has 0 saturated carbocycles. The topological polar surface area (TPSA) is 41.3 Å². The molecule has 0 aliphatic carbocycles. The van der Waals surface area contributed by atoms with Crippen LogP contribution in [-0.2, 0) is 0 Å². The summed E-state index contributed by atoms with van der Waals surface area (Å²) < 4.78 is 0. The third kappa shape index (κ3) is 3.07. The number of aryl methyl sites for hydroxylation is 1. The predicted octanol–water partition coefficient (Wildman–Crippen LogP) is 1.62. The first-order chi connectivity index (χ1) is 8.70. The van der Waals surface area contributed by atoms with E-state index in [0.29, 0.717) is 4.99 Å². The van der Waals surface area contributed by atoms with Gasteiger partial charge >= 0.3 is 0 Å². The van der Waals surface area contributed by atoms with Gasteiger partial charge in [-0.1, -0.05) is 36.5 Å². The smallest absolute Gasteiger partial charge is 0.0948 e. The van der Waals surface area contributed by atoms with Crippen LogP contribution in [0, 0.1) is 6.92 Å². The molecule has 1 unspecified atom stereocenters. The molecule has 0 amide bonds. The van der Waals surface area contributed by atoms with Crippen molar-refractivity contribution in [2.75, 3.05) is 26.2 Å². The summed E-state index contributed by atoms with van der Waals surface area (Å²) in [5, 5.41) is 3.41. The minimum atomic E-state index is 0.0705. The van der Waals surface area contributed by atoms with Crippen molar-refractivity contribution in [3.8, 4) is 0 Å². The van der Waals surface area contributed by atoms with Crippen molar-refractivity contribution in [3.63, 3.8) is 0 Å². The number of rotatable bonds is 3. The molecule has 1 aliphatic heterocycles. The molecule has 1 aliphatic rings. The van der Waals surface area contributed by atoms with E-state index < -0.39 is 0 Å². The fraction of sp³-hybridized carbons (Fsp3) is 0.500. The summed E-state index contributed by atoms with van der Waals surface area (Å²) in [5.41, 5.74) is 8.49. The predicted molar refractivity (Wildman–Crippen MR) is 79.8 cm³/mol. The summed E-state index contributed by atoms with van der Waals surface area (Å²) >= 11 is 5.30. The number of hydrogen-bond donors (Lipinski definition) is 2. The van der Waals surface area contributed by atoms with Gasteiger partial charge in [0.15, 0.2) is 0 Å². The second kappa shape index (κ2) is 6.27. The Balaban J connectivity index is 2.27.